The summed E-state index contributed by atoms with van der Waals surface area (Å²) in [6.07, 6.45) is 1.57. The molecule has 2 aromatic carbocycles. The van der Waals surface area contributed by atoms with Gasteiger partial charge >= 0.3 is 0 Å². The molecule has 1 atom stereocenters. The molecule has 1 aliphatic heterocycles. The maximum atomic E-state index is 12.2. The fourth-order valence-electron chi connectivity index (χ4n) is 2.23. The van der Waals surface area contributed by atoms with Crippen molar-refractivity contribution in [2.45, 2.75) is 11.7 Å². The van der Waals surface area contributed by atoms with Gasteiger partial charge in [0.05, 0.1) is 16.9 Å². The van der Waals surface area contributed by atoms with Gasteiger partial charge in [-0.15, -0.1) is 5.10 Å². The quantitative estimate of drug-likeness (QED) is 0.567. The topological polar surface area (TPSA) is 82.9 Å². The molecule has 1 saturated heterocycles. The lowest BCUT2D eigenvalue weighted by atomic mass is 10.2. The first-order valence-corrected chi connectivity index (χ1v) is 9.53. The van der Waals surface area contributed by atoms with Crippen LogP contribution in [0.4, 0.5) is 5.69 Å². The summed E-state index contributed by atoms with van der Waals surface area (Å²) in [6.45, 7) is 0. The lowest BCUT2D eigenvalue weighted by Gasteiger charge is -2.09. The minimum Gasteiger partial charge on any atom is -0.325 e. The number of hydrogen-bond acceptors (Lipinski definition) is 5. The highest BCUT2D eigenvalue weighted by molar-refractivity contribution is 8.15. The number of amidine groups is 1. The van der Waals surface area contributed by atoms with Crippen LogP contribution in [0.2, 0.25) is 10.0 Å². The molecule has 27 heavy (non-hydrogen) atoms. The van der Waals surface area contributed by atoms with Crippen molar-refractivity contribution in [3.05, 3.63) is 64.1 Å². The number of hydrogen-bond donors (Lipinski definition) is 2. The molecular weight excluding hydrogens is 407 g/mol. The molecule has 1 fully saturated rings. The van der Waals surface area contributed by atoms with Crippen LogP contribution in [0.1, 0.15) is 12.0 Å². The Morgan fingerprint density at radius 3 is 2.74 bits per heavy atom. The van der Waals surface area contributed by atoms with Crippen molar-refractivity contribution >= 4 is 63.8 Å². The second-order valence-corrected chi connectivity index (χ2v) is 7.57. The van der Waals surface area contributed by atoms with Crippen molar-refractivity contribution < 1.29 is 9.59 Å². The molecule has 2 amide bonds. The Labute approximate surface area is 170 Å². The highest BCUT2D eigenvalue weighted by atomic mass is 35.5. The molecule has 1 unspecified atom stereocenters. The fraction of sp³-hybridized carbons (Fsp3) is 0.111. The van der Waals surface area contributed by atoms with E-state index >= 15 is 0 Å². The third-order valence-electron chi connectivity index (χ3n) is 3.51. The van der Waals surface area contributed by atoms with Crippen LogP contribution < -0.4 is 10.6 Å². The number of carbonyl (C=O) groups is 2. The zero-order valence-corrected chi connectivity index (χ0v) is 16.2. The number of thioether (sulfide) groups is 1. The van der Waals surface area contributed by atoms with E-state index in [1.807, 2.05) is 30.3 Å². The Kier molecular flexibility index (Phi) is 6.49. The van der Waals surface area contributed by atoms with Crippen LogP contribution >= 0.6 is 35.0 Å². The van der Waals surface area contributed by atoms with E-state index in [-0.39, 0.29) is 18.2 Å². The summed E-state index contributed by atoms with van der Waals surface area (Å²) in [5.74, 6) is -0.619. The van der Waals surface area contributed by atoms with Crippen molar-refractivity contribution in [2.75, 3.05) is 5.32 Å². The van der Waals surface area contributed by atoms with E-state index in [0.717, 1.165) is 17.3 Å². The first kappa shape index (κ1) is 19.4. The summed E-state index contributed by atoms with van der Waals surface area (Å²) in [6, 6.07) is 14.2. The molecule has 0 aromatic heterocycles. The molecule has 1 aliphatic rings. The van der Waals surface area contributed by atoms with Crippen LogP contribution in [0, 0.1) is 0 Å². The Bertz CT molecular complexity index is 919. The van der Waals surface area contributed by atoms with E-state index in [4.69, 9.17) is 23.2 Å². The number of halogens is 2. The van der Waals surface area contributed by atoms with Crippen LogP contribution in [-0.2, 0) is 9.59 Å². The number of nitrogens with zero attached hydrogens (tertiary/aromatic N) is 2. The largest absolute Gasteiger partial charge is 0.325 e. The molecule has 0 radical (unpaired) electrons. The lowest BCUT2D eigenvalue weighted by Crippen LogP contribution is -2.28. The van der Waals surface area contributed by atoms with E-state index < -0.39 is 5.25 Å². The van der Waals surface area contributed by atoms with Gasteiger partial charge in [0.2, 0.25) is 11.8 Å². The van der Waals surface area contributed by atoms with Gasteiger partial charge < -0.3 is 10.6 Å². The SMILES string of the molecule is O=C(CC1SC(=NN=Cc2ccccc2)NC1=O)Nc1ccc(Cl)cc1Cl. The van der Waals surface area contributed by atoms with Crippen molar-refractivity contribution in [2.24, 2.45) is 10.2 Å². The monoisotopic (exact) mass is 420 g/mol. The van der Waals surface area contributed by atoms with Gasteiger partial charge in [-0.05, 0) is 23.8 Å². The minimum absolute atomic E-state index is 0.0170. The molecule has 6 nitrogen and oxygen atoms in total. The third kappa shape index (κ3) is 5.56. The van der Waals surface area contributed by atoms with Gasteiger partial charge in [-0.3, -0.25) is 9.59 Å². The number of amides is 2. The number of carbonyl (C=O) groups excluding carboxylic acids is 2. The second-order valence-electron chi connectivity index (χ2n) is 5.53. The highest BCUT2D eigenvalue weighted by Crippen LogP contribution is 2.27. The van der Waals surface area contributed by atoms with Crippen LogP contribution in [0.25, 0.3) is 0 Å². The predicted molar refractivity (Wildman–Crippen MR) is 111 cm³/mol. The Hall–Kier alpha value is -2.35. The number of benzene rings is 2. The van der Waals surface area contributed by atoms with Crippen LogP contribution in [0.15, 0.2) is 58.7 Å². The second kappa shape index (κ2) is 9.03. The molecule has 3 rings (SSSR count). The molecule has 2 aromatic rings. The predicted octanol–water partition coefficient (Wildman–Crippen LogP) is 3.94. The normalized spacial score (nSPS) is 18.1. The molecule has 0 bridgehead atoms. The average molecular weight is 421 g/mol. The summed E-state index contributed by atoms with van der Waals surface area (Å²) in [5, 5.41) is 13.8. The van der Waals surface area contributed by atoms with Gasteiger partial charge in [-0.1, -0.05) is 65.3 Å². The summed E-state index contributed by atoms with van der Waals surface area (Å²) in [7, 11) is 0. The van der Waals surface area contributed by atoms with Crippen LogP contribution in [-0.4, -0.2) is 28.4 Å². The van der Waals surface area contributed by atoms with Crippen molar-refractivity contribution in [1.82, 2.24) is 5.32 Å². The van der Waals surface area contributed by atoms with E-state index in [0.29, 0.717) is 20.9 Å². The van der Waals surface area contributed by atoms with E-state index in [1.54, 1.807) is 18.3 Å². The molecule has 9 heteroatoms. The highest BCUT2D eigenvalue weighted by Gasteiger charge is 2.32. The summed E-state index contributed by atoms with van der Waals surface area (Å²) in [5.41, 5.74) is 1.34. The average Bonchev–Trinajstić information content (AvgIpc) is 2.98. The van der Waals surface area contributed by atoms with Crippen LogP contribution in [0.3, 0.4) is 0 Å². The van der Waals surface area contributed by atoms with E-state index in [1.165, 1.54) is 6.07 Å². The zero-order chi connectivity index (χ0) is 19.2. The molecule has 2 N–H and O–H groups in total. The van der Waals surface area contributed by atoms with Gasteiger partial charge in [0, 0.05) is 11.4 Å². The maximum Gasteiger partial charge on any atom is 0.240 e. The fourth-order valence-corrected chi connectivity index (χ4v) is 3.61. The van der Waals surface area contributed by atoms with Gasteiger partial charge in [0.15, 0.2) is 5.17 Å². The number of anilines is 1. The Morgan fingerprint density at radius 1 is 1.22 bits per heavy atom. The number of rotatable bonds is 5. The summed E-state index contributed by atoms with van der Waals surface area (Å²) in [4.78, 5) is 24.2. The molecule has 0 aliphatic carbocycles. The molecule has 1 heterocycles. The first-order valence-electron chi connectivity index (χ1n) is 7.90. The van der Waals surface area contributed by atoms with Crippen molar-refractivity contribution in [1.29, 1.82) is 0 Å². The first-order chi connectivity index (χ1) is 13.0. The summed E-state index contributed by atoms with van der Waals surface area (Å²) < 4.78 is 0. The van der Waals surface area contributed by atoms with E-state index in [9.17, 15) is 9.59 Å². The minimum atomic E-state index is -0.582. The Morgan fingerprint density at radius 2 is 2.00 bits per heavy atom. The van der Waals surface area contributed by atoms with Gasteiger partial charge in [-0.2, -0.15) is 5.10 Å². The van der Waals surface area contributed by atoms with E-state index in [2.05, 4.69) is 20.8 Å². The van der Waals surface area contributed by atoms with Gasteiger partial charge in [0.1, 0.15) is 5.25 Å². The molecule has 0 spiro atoms. The van der Waals surface area contributed by atoms with Gasteiger partial charge in [0.25, 0.3) is 0 Å². The molecular formula is C18H14Cl2N4O2S. The molecule has 0 saturated carbocycles. The molecule has 138 valence electrons. The number of nitrogens with one attached hydrogen (secondary N) is 2. The smallest absolute Gasteiger partial charge is 0.240 e. The Balaban J connectivity index is 1.56. The standard InChI is InChI=1S/C18H14Cl2N4O2S/c19-12-6-7-14(13(20)8-12)22-16(25)9-15-17(26)23-18(27-15)24-21-10-11-4-2-1-3-5-11/h1-8,10,15H,9H2,(H,22,25)(H,23,24,26). The third-order valence-corrected chi connectivity index (χ3v) is 5.13. The maximum absolute atomic E-state index is 12.2. The van der Waals surface area contributed by atoms with Crippen LogP contribution in [0.5, 0.6) is 0 Å². The van der Waals surface area contributed by atoms with Crippen molar-refractivity contribution in [3.8, 4) is 0 Å². The lowest BCUT2D eigenvalue weighted by molar-refractivity contribution is -0.122. The zero-order valence-electron chi connectivity index (χ0n) is 13.9. The summed E-state index contributed by atoms with van der Waals surface area (Å²) >= 11 is 13.0. The van der Waals surface area contributed by atoms with Gasteiger partial charge in [-0.25, -0.2) is 0 Å². The van der Waals surface area contributed by atoms with Crippen molar-refractivity contribution in [3.63, 3.8) is 0 Å².